The number of nitrogens with zero attached hydrogens (tertiary/aromatic N) is 2. The first-order valence-corrected chi connectivity index (χ1v) is 7.19. The Kier molecular flexibility index (Phi) is 4.72. The van der Waals surface area contributed by atoms with Crippen LogP contribution in [0.3, 0.4) is 0 Å². The Morgan fingerprint density at radius 2 is 1.78 bits per heavy atom. The molecule has 0 aliphatic carbocycles. The van der Waals surface area contributed by atoms with Crippen LogP contribution in [-0.2, 0) is 16.8 Å². The molecule has 6 heteroatoms. The van der Waals surface area contributed by atoms with Crippen molar-refractivity contribution in [2.24, 2.45) is 0 Å². The highest BCUT2D eigenvalue weighted by Crippen LogP contribution is 2.18. The van der Waals surface area contributed by atoms with Crippen molar-refractivity contribution < 1.29 is 8.42 Å². The number of hydrogen-bond acceptors (Lipinski definition) is 3. The number of nitrogens with two attached hydrogens (primary N) is 1. The summed E-state index contributed by atoms with van der Waals surface area (Å²) in [6.07, 6.45) is 0. The normalized spacial score (nSPS) is 12.6. The van der Waals surface area contributed by atoms with Gasteiger partial charge in [-0.25, -0.2) is 0 Å². The van der Waals surface area contributed by atoms with Gasteiger partial charge in [-0.2, -0.15) is 17.0 Å². The van der Waals surface area contributed by atoms with Crippen LogP contribution in [0.5, 0.6) is 0 Å². The van der Waals surface area contributed by atoms with E-state index >= 15 is 0 Å². The number of anilines is 1. The van der Waals surface area contributed by atoms with E-state index in [9.17, 15) is 8.42 Å². The second-order valence-corrected chi connectivity index (χ2v) is 6.72. The van der Waals surface area contributed by atoms with Crippen LogP contribution in [-0.4, -0.2) is 37.2 Å². The van der Waals surface area contributed by atoms with Crippen LogP contribution in [0.2, 0.25) is 0 Å². The van der Waals surface area contributed by atoms with Gasteiger partial charge < -0.3 is 5.73 Å². The Morgan fingerprint density at radius 1 is 1.22 bits per heavy atom. The summed E-state index contributed by atoms with van der Waals surface area (Å²) in [5, 5.41) is 0. The summed E-state index contributed by atoms with van der Waals surface area (Å²) in [6, 6.07) is 7.18. The molecule has 1 aromatic rings. The summed E-state index contributed by atoms with van der Waals surface area (Å²) >= 11 is 0. The number of hydrogen-bond donors (Lipinski definition) is 1. The third kappa shape index (κ3) is 3.22. The standard InChI is InChI=1S/C12H21N3O2S/c1-10(2)15(18(16,17)14(3)4)9-11-7-5-6-8-12(11)13/h5-8,10H,9,13H2,1-4H3. The Labute approximate surface area is 109 Å². The van der Waals surface area contributed by atoms with E-state index in [0.29, 0.717) is 5.69 Å². The van der Waals surface area contributed by atoms with Gasteiger partial charge in [0.2, 0.25) is 0 Å². The molecule has 0 aromatic heterocycles. The van der Waals surface area contributed by atoms with Crippen molar-refractivity contribution in [3.63, 3.8) is 0 Å². The summed E-state index contributed by atoms with van der Waals surface area (Å²) in [6.45, 7) is 3.98. The molecule has 1 aromatic carbocycles. The first kappa shape index (κ1) is 14.9. The zero-order chi connectivity index (χ0) is 13.9. The number of benzene rings is 1. The summed E-state index contributed by atoms with van der Waals surface area (Å²) < 4.78 is 27.0. The first-order chi connectivity index (χ1) is 8.26. The van der Waals surface area contributed by atoms with Crippen molar-refractivity contribution >= 4 is 15.9 Å². The Hall–Kier alpha value is -1.11. The van der Waals surface area contributed by atoms with Crippen LogP contribution in [0.15, 0.2) is 24.3 Å². The van der Waals surface area contributed by atoms with Gasteiger partial charge in [0, 0.05) is 32.4 Å². The molecule has 1 rings (SSSR count). The van der Waals surface area contributed by atoms with Gasteiger partial charge in [-0.3, -0.25) is 0 Å². The minimum Gasteiger partial charge on any atom is -0.398 e. The van der Waals surface area contributed by atoms with Crippen LogP contribution in [0.25, 0.3) is 0 Å². The minimum atomic E-state index is -3.44. The molecular weight excluding hydrogens is 250 g/mol. The molecule has 0 spiro atoms. The first-order valence-electron chi connectivity index (χ1n) is 5.79. The van der Waals surface area contributed by atoms with Gasteiger partial charge in [-0.05, 0) is 25.5 Å². The molecule has 0 aliphatic heterocycles. The van der Waals surface area contributed by atoms with Crippen molar-refractivity contribution in [3.05, 3.63) is 29.8 Å². The van der Waals surface area contributed by atoms with E-state index in [0.717, 1.165) is 5.56 Å². The van der Waals surface area contributed by atoms with Gasteiger partial charge in [0.15, 0.2) is 0 Å². The molecular formula is C12H21N3O2S. The van der Waals surface area contributed by atoms with E-state index in [2.05, 4.69) is 0 Å². The van der Waals surface area contributed by atoms with Gasteiger partial charge in [0.1, 0.15) is 0 Å². The molecule has 5 nitrogen and oxygen atoms in total. The molecule has 0 radical (unpaired) electrons. The molecule has 18 heavy (non-hydrogen) atoms. The molecule has 0 bridgehead atoms. The quantitative estimate of drug-likeness (QED) is 0.821. The molecule has 0 saturated carbocycles. The number of nitrogen functional groups attached to an aromatic ring is 1. The average molecular weight is 271 g/mol. The van der Waals surface area contributed by atoms with Gasteiger partial charge in [0.25, 0.3) is 10.2 Å². The van der Waals surface area contributed by atoms with Crippen LogP contribution in [0.4, 0.5) is 5.69 Å². The lowest BCUT2D eigenvalue weighted by atomic mass is 10.2. The Balaban J connectivity index is 3.07. The second-order valence-electron chi connectivity index (χ2n) is 4.63. The summed E-state index contributed by atoms with van der Waals surface area (Å²) in [7, 11) is -0.388. The lowest BCUT2D eigenvalue weighted by Crippen LogP contribution is -2.43. The molecule has 0 aliphatic rings. The Bertz CT molecular complexity index is 498. The predicted molar refractivity (Wildman–Crippen MR) is 74.1 cm³/mol. The fourth-order valence-corrected chi connectivity index (χ4v) is 2.84. The maximum absolute atomic E-state index is 12.2. The largest absolute Gasteiger partial charge is 0.398 e. The van der Waals surface area contributed by atoms with Crippen molar-refractivity contribution in [2.45, 2.75) is 26.4 Å². The molecule has 0 fully saturated rings. The van der Waals surface area contributed by atoms with Crippen LogP contribution in [0.1, 0.15) is 19.4 Å². The molecule has 0 atom stereocenters. The van der Waals surface area contributed by atoms with E-state index in [1.807, 2.05) is 32.0 Å². The summed E-state index contributed by atoms with van der Waals surface area (Å²) in [5.74, 6) is 0. The molecule has 0 unspecified atom stereocenters. The number of para-hydroxylation sites is 1. The highest BCUT2D eigenvalue weighted by Gasteiger charge is 2.27. The number of rotatable bonds is 5. The van der Waals surface area contributed by atoms with Crippen LogP contribution < -0.4 is 5.73 Å². The predicted octanol–water partition coefficient (Wildman–Crippen LogP) is 1.29. The smallest absolute Gasteiger partial charge is 0.282 e. The summed E-state index contributed by atoms with van der Waals surface area (Å²) in [5.41, 5.74) is 7.28. The zero-order valence-corrected chi connectivity index (χ0v) is 12.1. The monoisotopic (exact) mass is 271 g/mol. The van der Waals surface area contributed by atoms with Crippen LogP contribution >= 0.6 is 0 Å². The zero-order valence-electron chi connectivity index (χ0n) is 11.3. The third-order valence-electron chi connectivity index (χ3n) is 2.72. The molecule has 0 saturated heterocycles. The molecule has 2 N–H and O–H groups in total. The fourth-order valence-electron chi connectivity index (χ4n) is 1.59. The SMILES string of the molecule is CC(C)N(Cc1ccccc1N)S(=O)(=O)N(C)C. The summed E-state index contributed by atoms with van der Waals surface area (Å²) in [4.78, 5) is 0. The van der Waals surface area contributed by atoms with E-state index in [1.165, 1.54) is 22.7 Å². The van der Waals surface area contributed by atoms with E-state index in [1.54, 1.807) is 6.07 Å². The van der Waals surface area contributed by atoms with Crippen LogP contribution in [0, 0.1) is 0 Å². The molecule has 0 amide bonds. The van der Waals surface area contributed by atoms with Gasteiger partial charge in [-0.15, -0.1) is 0 Å². The fraction of sp³-hybridized carbons (Fsp3) is 0.500. The maximum Gasteiger partial charge on any atom is 0.282 e. The minimum absolute atomic E-state index is 0.128. The highest BCUT2D eigenvalue weighted by atomic mass is 32.2. The lowest BCUT2D eigenvalue weighted by molar-refractivity contribution is 0.323. The van der Waals surface area contributed by atoms with Crippen molar-refractivity contribution in [1.82, 2.24) is 8.61 Å². The Morgan fingerprint density at radius 3 is 2.22 bits per heavy atom. The van der Waals surface area contributed by atoms with E-state index < -0.39 is 10.2 Å². The average Bonchev–Trinajstić information content (AvgIpc) is 2.26. The lowest BCUT2D eigenvalue weighted by Gasteiger charge is -2.29. The van der Waals surface area contributed by atoms with E-state index in [-0.39, 0.29) is 12.6 Å². The van der Waals surface area contributed by atoms with E-state index in [4.69, 9.17) is 5.73 Å². The highest BCUT2D eigenvalue weighted by molar-refractivity contribution is 7.86. The second kappa shape index (κ2) is 5.69. The van der Waals surface area contributed by atoms with Crippen molar-refractivity contribution in [1.29, 1.82) is 0 Å². The van der Waals surface area contributed by atoms with Gasteiger partial charge in [0.05, 0.1) is 0 Å². The van der Waals surface area contributed by atoms with Crippen molar-refractivity contribution in [2.75, 3.05) is 19.8 Å². The van der Waals surface area contributed by atoms with Gasteiger partial charge >= 0.3 is 0 Å². The molecule has 102 valence electrons. The van der Waals surface area contributed by atoms with Crippen molar-refractivity contribution in [3.8, 4) is 0 Å². The topological polar surface area (TPSA) is 66.6 Å². The van der Waals surface area contributed by atoms with Gasteiger partial charge in [-0.1, -0.05) is 18.2 Å². The third-order valence-corrected chi connectivity index (χ3v) is 4.78. The maximum atomic E-state index is 12.2. The molecule has 0 heterocycles.